The van der Waals surface area contributed by atoms with Crippen molar-refractivity contribution in [2.75, 3.05) is 0 Å². The standard InChI is InChI=1S/C14H14N4O2S2/c1-9-3-5-11(21-9)7-15-17-13(19)14(20)18-16-8-12-6-4-10(2)22-12/h3-8H,1-2H3,(H,17,19)(H,18,20)/b15-7+,16-8+. The van der Waals surface area contributed by atoms with Gasteiger partial charge in [-0.3, -0.25) is 9.59 Å². The van der Waals surface area contributed by atoms with Gasteiger partial charge in [0.25, 0.3) is 0 Å². The van der Waals surface area contributed by atoms with Gasteiger partial charge in [-0.25, -0.2) is 10.9 Å². The lowest BCUT2D eigenvalue weighted by Gasteiger charge is -1.97. The molecule has 0 unspecified atom stereocenters. The number of thiophene rings is 2. The topological polar surface area (TPSA) is 82.9 Å². The largest absolute Gasteiger partial charge is 0.331 e. The van der Waals surface area contributed by atoms with Crippen LogP contribution in [0.4, 0.5) is 0 Å². The third-order valence-electron chi connectivity index (χ3n) is 2.44. The predicted octanol–water partition coefficient (Wildman–Crippen LogP) is 2.03. The number of hydrogen-bond acceptors (Lipinski definition) is 6. The van der Waals surface area contributed by atoms with Crippen molar-refractivity contribution in [3.63, 3.8) is 0 Å². The smallest absolute Gasteiger partial charge is 0.262 e. The number of amides is 2. The highest BCUT2D eigenvalue weighted by atomic mass is 32.1. The summed E-state index contributed by atoms with van der Waals surface area (Å²) >= 11 is 3.08. The van der Waals surface area contributed by atoms with Gasteiger partial charge in [0.15, 0.2) is 0 Å². The molecule has 0 atom stereocenters. The molecule has 0 bridgehead atoms. The van der Waals surface area contributed by atoms with Crippen LogP contribution in [0.5, 0.6) is 0 Å². The van der Waals surface area contributed by atoms with Gasteiger partial charge in [-0.05, 0) is 38.1 Å². The van der Waals surface area contributed by atoms with Gasteiger partial charge in [-0.2, -0.15) is 10.2 Å². The summed E-state index contributed by atoms with van der Waals surface area (Å²) in [7, 11) is 0. The van der Waals surface area contributed by atoms with E-state index in [0.717, 1.165) is 19.5 Å². The summed E-state index contributed by atoms with van der Waals surface area (Å²) in [5.41, 5.74) is 4.29. The van der Waals surface area contributed by atoms with E-state index in [9.17, 15) is 9.59 Å². The SMILES string of the molecule is Cc1ccc(/C=N/NC(=O)C(=O)N/N=C/c2ccc(C)s2)s1. The second kappa shape index (κ2) is 7.62. The molecule has 6 nitrogen and oxygen atoms in total. The zero-order chi connectivity index (χ0) is 15.9. The van der Waals surface area contributed by atoms with Crippen LogP contribution in [0.1, 0.15) is 19.5 Å². The second-order valence-electron chi connectivity index (χ2n) is 4.30. The minimum Gasteiger partial charge on any atom is -0.262 e. The van der Waals surface area contributed by atoms with Crippen LogP contribution < -0.4 is 10.9 Å². The Hall–Kier alpha value is -2.32. The monoisotopic (exact) mass is 334 g/mol. The number of aryl methyl sites for hydroxylation is 2. The zero-order valence-electron chi connectivity index (χ0n) is 12.0. The van der Waals surface area contributed by atoms with E-state index in [2.05, 4.69) is 21.1 Å². The summed E-state index contributed by atoms with van der Waals surface area (Å²) in [6.45, 7) is 3.95. The van der Waals surface area contributed by atoms with Gasteiger partial charge in [0.2, 0.25) is 0 Å². The third kappa shape index (κ3) is 4.90. The molecule has 0 aliphatic rings. The van der Waals surface area contributed by atoms with Crippen LogP contribution in [-0.4, -0.2) is 24.2 Å². The molecule has 8 heteroatoms. The molecule has 2 heterocycles. The van der Waals surface area contributed by atoms with E-state index in [0.29, 0.717) is 0 Å². The van der Waals surface area contributed by atoms with Gasteiger partial charge in [-0.15, -0.1) is 22.7 Å². The van der Waals surface area contributed by atoms with Crippen LogP contribution in [0.2, 0.25) is 0 Å². The van der Waals surface area contributed by atoms with Crippen molar-refractivity contribution in [1.82, 2.24) is 10.9 Å². The quantitative estimate of drug-likeness (QED) is 0.509. The molecule has 0 aliphatic heterocycles. The molecule has 0 aliphatic carbocycles. The maximum atomic E-state index is 11.5. The fourth-order valence-corrected chi connectivity index (χ4v) is 2.95. The fraction of sp³-hybridized carbons (Fsp3) is 0.143. The fourth-order valence-electron chi connectivity index (χ4n) is 1.46. The number of rotatable bonds is 4. The first-order chi connectivity index (χ1) is 10.5. The molecule has 0 spiro atoms. The summed E-state index contributed by atoms with van der Waals surface area (Å²) < 4.78 is 0. The van der Waals surface area contributed by atoms with Crippen LogP contribution in [0.3, 0.4) is 0 Å². The van der Waals surface area contributed by atoms with Crippen molar-refractivity contribution in [2.45, 2.75) is 13.8 Å². The lowest BCUT2D eigenvalue weighted by molar-refractivity contribution is -0.139. The van der Waals surface area contributed by atoms with Crippen molar-refractivity contribution in [2.24, 2.45) is 10.2 Å². The highest BCUT2D eigenvalue weighted by Crippen LogP contribution is 2.12. The van der Waals surface area contributed by atoms with Crippen molar-refractivity contribution in [1.29, 1.82) is 0 Å². The number of carbonyl (C=O) groups excluding carboxylic acids is 2. The lowest BCUT2D eigenvalue weighted by Crippen LogP contribution is -2.35. The molecular formula is C14H14N4O2S2. The van der Waals surface area contributed by atoms with E-state index < -0.39 is 11.8 Å². The van der Waals surface area contributed by atoms with E-state index in [4.69, 9.17) is 0 Å². The summed E-state index contributed by atoms with van der Waals surface area (Å²) in [6.07, 6.45) is 2.97. The Morgan fingerprint density at radius 3 is 1.59 bits per heavy atom. The van der Waals surface area contributed by atoms with Crippen LogP contribution >= 0.6 is 22.7 Å². The molecule has 2 amide bonds. The lowest BCUT2D eigenvalue weighted by atomic mass is 10.4. The Kier molecular flexibility index (Phi) is 5.56. The number of carbonyl (C=O) groups is 2. The molecule has 0 aromatic carbocycles. The molecular weight excluding hydrogens is 320 g/mol. The number of nitrogens with one attached hydrogen (secondary N) is 2. The number of nitrogens with zero attached hydrogens (tertiary/aromatic N) is 2. The average Bonchev–Trinajstić information content (AvgIpc) is 3.07. The normalized spacial score (nSPS) is 11.2. The molecule has 114 valence electrons. The zero-order valence-corrected chi connectivity index (χ0v) is 13.6. The van der Waals surface area contributed by atoms with E-state index >= 15 is 0 Å². The van der Waals surface area contributed by atoms with Crippen LogP contribution in [-0.2, 0) is 9.59 Å². The van der Waals surface area contributed by atoms with Crippen molar-refractivity contribution >= 4 is 46.9 Å². The molecule has 2 aromatic rings. The molecule has 22 heavy (non-hydrogen) atoms. The molecule has 2 rings (SSSR count). The maximum Gasteiger partial charge on any atom is 0.331 e. The molecule has 0 saturated heterocycles. The van der Waals surface area contributed by atoms with Crippen molar-refractivity contribution < 1.29 is 9.59 Å². The summed E-state index contributed by atoms with van der Waals surface area (Å²) in [4.78, 5) is 27.0. The van der Waals surface area contributed by atoms with Crippen LogP contribution in [0, 0.1) is 13.8 Å². The second-order valence-corrected chi connectivity index (χ2v) is 6.93. The summed E-state index contributed by atoms with van der Waals surface area (Å²) in [5.74, 6) is -1.74. The molecule has 0 saturated carbocycles. The highest BCUT2D eigenvalue weighted by Gasteiger charge is 2.11. The Bertz CT molecular complexity index is 669. The van der Waals surface area contributed by atoms with E-state index in [-0.39, 0.29) is 0 Å². The van der Waals surface area contributed by atoms with Crippen LogP contribution in [0.15, 0.2) is 34.5 Å². The van der Waals surface area contributed by atoms with Crippen molar-refractivity contribution in [3.05, 3.63) is 43.8 Å². The number of hydrazone groups is 2. The van der Waals surface area contributed by atoms with E-state index in [1.807, 2.05) is 38.1 Å². The van der Waals surface area contributed by atoms with Gasteiger partial charge in [-0.1, -0.05) is 0 Å². The summed E-state index contributed by atoms with van der Waals surface area (Å²) in [6, 6.07) is 7.65. The Labute approximate surface area is 135 Å². The van der Waals surface area contributed by atoms with E-state index in [1.54, 1.807) is 0 Å². The van der Waals surface area contributed by atoms with Gasteiger partial charge in [0.05, 0.1) is 12.4 Å². The van der Waals surface area contributed by atoms with Crippen LogP contribution in [0.25, 0.3) is 0 Å². The van der Waals surface area contributed by atoms with E-state index in [1.165, 1.54) is 35.1 Å². The third-order valence-corrected chi connectivity index (χ3v) is 4.31. The summed E-state index contributed by atoms with van der Waals surface area (Å²) in [5, 5.41) is 7.44. The first-order valence-corrected chi connectivity index (χ1v) is 7.97. The van der Waals surface area contributed by atoms with Gasteiger partial charge < -0.3 is 0 Å². The van der Waals surface area contributed by atoms with Gasteiger partial charge in [0, 0.05) is 19.5 Å². The minimum absolute atomic E-state index is 0.871. The number of hydrogen-bond donors (Lipinski definition) is 2. The highest BCUT2D eigenvalue weighted by molar-refractivity contribution is 7.13. The molecule has 2 N–H and O–H groups in total. The average molecular weight is 334 g/mol. The Morgan fingerprint density at radius 2 is 1.27 bits per heavy atom. The van der Waals surface area contributed by atoms with Gasteiger partial charge >= 0.3 is 11.8 Å². The molecule has 2 aromatic heterocycles. The Morgan fingerprint density at radius 1 is 0.864 bits per heavy atom. The molecule has 0 radical (unpaired) electrons. The maximum absolute atomic E-state index is 11.5. The Balaban J connectivity index is 1.78. The minimum atomic E-state index is -0.871. The van der Waals surface area contributed by atoms with Crippen molar-refractivity contribution in [3.8, 4) is 0 Å². The predicted molar refractivity (Wildman–Crippen MR) is 89.6 cm³/mol. The van der Waals surface area contributed by atoms with Gasteiger partial charge in [0.1, 0.15) is 0 Å². The first-order valence-electron chi connectivity index (χ1n) is 6.34. The molecule has 0 fully saturated rings. The first kappa shape index (κ1) is 16.1.